The number of para-hydroxylation sites is 4. The Hall–Kier alpha value is -7.62. The molecule has 3 heterocycles. The molecular formula is C54H34N2O. The molecule has 0 saturated carbocycles. The minimum atomic E-state index is 0.896. The van der Waals surface area contributed by atoms with Crippen LogP contribution in [0.4, 0.5) is 0 Å². The molecule has 57 heavy (non-hydrogen) atoms. The van der Waals surface area contributed by atoms with Crippen molar-refractivity contribution in [1.82, 2.24) is 9.13 Å². The fourth-order valence-corrected chi connectivity index (χ4v) is 9.08. The summed E-state index contributed by atoms with van der Waals surface area (Å²) in [5.41, 5.74) is 15.8. The summed E-state index contributed by atoms with van der Waals surface area (Å²) in [5, 5.41) is 7.14. The number of hydrogen-bond acceptors (Lipinski definition) is 1. The minimum absolute atomic E-state index is 0.896. The summed E-state index contributed by atoms with van der Waals surface area (Å²) in [6.45, 7) is 0. The van der Waals surface area contributed by atoms with Crippen LogP contribution < -0.4 is 0 Å². The van der Waals surface area contributed by atoms with Gasteiger partial charge >= 0.3 is 0 Å². The number of fused-ring (bicyclic) bond motifs is 9. The van der Waals surface area contributed by atoms with Gasteiger partial charge in [0.15, 0.2) is 5.58 Å². The topological polar surface area (TPSA) is 23.0 Å². The monoisotopic (exact) mass is 726 g/mol. The van der Waals surface area contributed by atoms with Crippen molar-refractivity contribution in [3.8, 4) is 44.8 Å². The Kier molecular flexibility index (Phi) is 6.93. The van der Waals surface area contributed by atoms with Crippen LogP contribution >= 0.6 is 0 Å². The predicted octanol–water partition coefficient (Wildman–Crippen LogP) is 14.8. The zero-order valence-corrected chi connectivity index (χ0v) is 30.9. The van der Waals surface area contributed by atoms with Gasteiger partial charge in [-0.25, -0.2) is 0 Å². The SMILES string of the molecule is c1ccc(-c2cc(-c3ccccc3)cc(-n3c4ccccc4c4cc(-c5ccc6c7ccccc7n(-c7cccc8c7oc7ccccc78)c6c5)ccc43)c2)cc1. The Morgan fingerprint density at radius 1 is 0.281 bits per heavy atom. The van der Waals surface area contributed by atoms with E-state index >= 15 is 0 Å². The van der Waals surface area contributed by atoms with Crippen LogP contribution in [0.2, 0.25) is 0 Å². The van der Waals surface area contributed by atoms with Crippen molar-refractivity contribution in [3.63, 3.8) is 0 Å². The van der Waals surface area contributed by atoms with Crippen LogP contribution in [0.25, 0.3) is 110 Å². The summed E-state index contributed by atoms with van der Waals surface area (Å²) in [6, 6.07) is 74.5. The lowest BCUT2D eigenvalue weighted by atomic mass is 9.98. The van der Waals surface area contributed by atoms with Gasteiger partial charge in [0.05, 0.1) is 27.8 Å². The second-order valence-electron chi connectivity index (χ2n) is 14.9. The molecule has 12 aromatic rings. The Morgan fingerprint density at radius 3 is 1.56 bits per heavy atom. The van der Waals surface area contributed by atoms with Gasteiger partial charge in [-0.05, 0) is 94.0 Å². The molecule has 0 N–H and O–H groups in total. The summed E-state index contributed by atoms with van der Waals surface area (Å²) in [6.07, 6.45) is 0. The van der Waals surface area contributed by atoms with E-state index in [1.807, 2.05) is 6.07 Å². The number of aromatic nitrogens is 2. The number of nitrogens with zero attached hydrogens (tertiary/aromatic N) is 2. The normalized spacial score (nSPS) is 11.9. The molecule has 3 aromatic heterocycles. The third-order valence-electron chi connectivity index (χ3n) is 11.7. The molecule has 0 aliphatic heterocycles. The van der Waals surface area contributed by atoms with Crippen molar-refractivity contribution >= 4 is 65.6 Å². The first-order chi connectivity index (χ1) is 28.3. The van der Waals surface area contributed by atoms with Gasteiger partial charge in [-0.1, -0.05) is 146 Å². The zero-order chi connectivity index (χ0) is 37.5. The van der Waals surface area contributed by atoms with E-state index in [1.54, 1.807) is 0 Å². The van der Waals surface area contributed by atoms with E-state index in [4.69, 9.17) is 4.42 Å². The number of hydrogen-bond donors (Lipinski definition) is 0. The van der Waals surface area contributed by atoms with E-state index in [1.165, 1.54) is 66.0 Å². The first kappa shape index (κ1) is 31.7. The van der Waals surface area contributed by atoms with Crippen LogP contribution in [-0.4, -0.2) is 9.13 Å². The van der Waals surface area contributed by atoms with Crippen molar-refractivity contribution < 1.29 is 4.42 Å². The van der Waals surface area contributed by atoms with Gasteiger partial charge < -0.3 is 13.6 Å². The maximum atomic E-state index is 6.59. The Morgan fingerprint density at radius 2 is 0.825 bits per heavy atom. The molecule has 266 valence electrons. The molecule has 0 aliphatic rings. The molecule has 0 aliphatic carbocycles. The summed E-state index contributed by atoms with van der Waals surface area (Å²) < 4.78 is 11.4. The summed E-state index contributed by atoms with van der Waals surface area (Å²) >= 11 is 0. The van der Waals surface area contributed by atoms with E-state index in [9.17, 15) is 0 Å². The van der Waals surface area contributed by atoms with Gasteiger partial charge in [0, 0.05) is 38.0 Å². The summed E-state index contributed by atoms with van der Waals surface area (Å²) in [5.74, 6) is 0. The molecule has 0 atom stereocenters. The Bertz CT molecular complexity index is 3450. The highest BCUT2D eigenvalue weighted by Crippen LogP contribution is 2.41. The number of furan rings is 1. The van der Waals surface area contributed by atoms with Crippen molar-refractivity contribution in [1.29, 1.82) is 0 Å². The highest BCUT2D eigenvalue weighted by molar-refractivity contribution is 6.14. The quantitative estimate of drug-likeness (QED) is 0.173. The molecule has 3 nitrogen and oxygen atoms in total. The summed E-state index contributed by atoms with van der Waals surface area (Å²) in [7, 11) is 0. The Labute approximate surface area is 328 Å². The van der Waals surface area contributed by atoms with Crippen molar-refractivity contribution in [2.24, 2.45) is 0 Å². The third-order valence-corrected chi connectivity index (χ3v) is 11.7. The van der Waals surface area contributed by atoms with E-state index in [0.29, 0.717) is 0 Å². The van der Waals surface area contributed by atoms with E-state index in [2.05, 4.69) is 209 Å². The molecule has 0 amide bonds. The molecule has 0 bridgehead atoms. The highest BCUT2D eigenvalue weighted by atomic mass is 16.3. The van der Waals surface area contributed by atoms with Crippen LogP contribution in [0.5, 0.6) is 0 Å². The van der Waals surface area contributed by atoms with Crippen LogP contribution in [-0.2, 0) is 0 Å². The third kappa shape index (κ3) is 4.92. The predicted molar refractivity (Wildman–Crippen MR) is 239 cm³/mol. The fraction of sp³-hybridized carbons (Fsp3) is 0. The number of rotatable bonds is 5. The van der Waals surface area contributed by atoms with Crippen molar-refractivity contribution in [2.75, 3.05) is 0 Å². The van der Waals surface area contributed by atoms with Crippen molar-refractivity contribution in [2.45, 2.75) is 0 Å². The minimum Gasteiger partial charge on any atom is -0.454 e. The lowest BCUT2D eigenvalue weighted by molar-refractivity contribution is 0.666. The Balaban J connectivity index is 1.06. The average molecular weight is 727 g/mol. The molecule has 0 radical (unpaired) electrons. The molecule has 3 heteroatoms. The standard InChI is InChI=1S/C54H34N2O/c1-3-14-35(15-4-1)39-30-40(36-16-5-2-6-17-36)32-41(31-39)55-48-22-10-8-19-43(48)47-33-37(27-29-50(47)55)38-26-28-44-42-18-7-11-23-49(42)56(52(44)34-38)51-24-13-21-46-45-20-9-12-25-53(45)57-54(46)51/h1-34H. The van der Waals surface area contributed by atoms with Gasteiger partial charge in [0.25, 0.3) is 0 Å². The molecule has 9 aromatic carbocycles. The smallest absolute Gasteiger partial charge is 0.159 e. The van der Waals surface area contributed by atoms with E-state index in [-0.39, 0.29) is 0 Å². The first-order valence-electron chi connectivity index (χ1n) is 19.5. The van der Waals surface area contributed by atoms with Crippen LogP contribution in [0.1, 0.15) is 0 Å². The van der Waals surface area contributed by atoms with Gasteiger partial charge in [-0.3, -0.25) is 0 Å². The molecule has 0 fully saturated rings. The number of benzene rings is 9. The second kappa shape index (κ2) is 12.5. The largest absolute Gasteiger partial charge is 0.454 e. The summed E-state index contributed by atoms with van der Waals surface area (Å²) in [4.78, 5) is 0. The van der Waals surface area contributed by atoms with Gasteiger partial charge in [-0.15, -0.1) is 0 Å². The van der Waals surface area contributed by atoms with Gasteiger partial charge in [0.1, 0.15) is 5.58 Å². The maximum absolute atomic E-state index is 6.59. The first-order valence-corrected chi connectivity index (χ1v) is 19.5. The lowest BCUT2D eigenvalue weighted by Gasteiger charge is -2.14. The molecular weight excluding hydrogens is 693 g/mol. The van der Waals surface area contributed by atoms with E-state index < -0.39 is 0 Å². The maximum Gasteiger partial charge on any atom is 0.159 e. The van der Waals surface area contributed by atoms with Crippen LogP contribution in [0.15, 0.2) is 211 Å². The zero-order valence-electron chi connectivity index (χ0n) is 30.9. The average Bonchev–Trinajstić information content (AvgIpc) is 3.94. The highest BCUT2D eigenvalue weighted by Gasteiger charge is 2.19. The molecule has 0 unspecified atom stereocenters. The second-order valence-corrected chi connectivity index (χ2v) is 14.9. The van der Waals surface area contributed by atoms with Gasteiger partial charge in [-0.2, -0.15) is 0 Å². The van der Waals surface area contributed by atoms with Crippen LogP contribution in [0, 0.1) is 0 Å². The molecule has 0 saturated heterocycles. The fourth-order valence-electron chi connectivity index (χ4n) is 9.08. The van der Waals surface area contributed by atoms with Gasteiger partial charge in [0.2, 0.25) is 0 Å². The lowest BCUT2D eigenvalue weighted by Crippen LogP contribution is -1.96. The molecule has 0 spiro atoms. The van der Waals surface area contributed by atoms with Crippen molar-refractivity contribution in [3.05, 3.63) is 206 Å². The van der Waals surface area contributed by atoms with Crippen LogP contribution in [0.3, 0.4) is 0 Å². The van der Waals surface area contributed by atoms with E-state index in [0.717, 1.165) is 44.3 Å². The molecule has 12 rings (SSSR count).